The molecule has 0 aromatic carbocycles. The van der Waals surface area contributed by atoms with E-state index in [2.05, 4.69) is 6.26 Å². The number of sulfone groups is 1. The monoisotopic (exact) mass is 186 g/mol. The van der Waals surface area contributed by atoms with Crippen molar-refractivity contribution >= 4 is 9.84 Å². The Morgan fingerprint density at radius 1 is 1.58 bits per heavy atom. The molecule has 0 fully saturated rings. The Hall–Kier alpha value is -1.10. The second-order valence-corrected chi connectivity index (χ2v) is 4.24. The quantitative estimate of drug-likeness (QED) is 0.483. The number of pyridine rings is 1. The van der Waals surface area contributed by atoms with Crippen LogP contribution >= 0.6 is 0 Å². The smallest absolute Gasteiger partial charge is 0.184 e. The molecule has 1 heterocycles. The molecule has 0 aliphatic rings. The fraction of sp³-hybridized carbons (Fsp3) is 0.143. The molecule has 1 aromatic rings. The van der Waals surface area contributed by atoms with E-state index in [9.17, 15) is 13.6 Å². The Morgan fingerprint density at radius 3 is 2.75 bits per heavy atom. The lowest BCUT2D eigenvalue weighted by atomic mass is 10.3. The van der Waals surface area contributed by atoms with Gasteiger partial charge in [0, 0.05) is 11.6 Å². The van der Waals surface area contributed by atoms with Crippen molar-refractivity contribution in [2.24, 2.45) is 0 Å². The number of hydrogen-bond acceptors (Lipinski definition) is 3. The highest BCUT2D eigenvalue weighted by Gasteiger charge is 2.06. The molecule has 65 valence electrons. The minimum absolute atomic E-state index is 0.198. The predicted molar refractivity (Wildman–Crippen MR) is 43.4 cm³/mol. The third-order valence-electron chi connectivity index (χ3n) is 1.22. The van der Waals surface area contributed by atoms with Crippen molar-refractivity contribution < 1.29 is 13.1 Å². The van der Waals surface area contributed by atoms with E-state index in [-0.39, 0.29) is 5.75 Å². The molecule has 1 rings (SSSR count). The summed E-state index contributed by atoms with van der Waals surface area (Å²) in [5, 5.41) is 10.7. The Morgan fingerprint density at radius 2 is 2.25 bits per heavy atom. The molecular formula is C7H8NO3S. The van der Waals surface area contributed by atoms with Gasteiger partial charge in [-0.15, -0.1) is 0 Å². The first kappa shape index (κ1) is 8.99. The van der Waals surface area contributed by atoms with Gasteiger partial charge in [-0.1, -0.05) is 0 Å². The predicted octanol–water partition coefficient (Wildman–Crippen LogP) is 0.0264. The van der Waals surface area contributed by atoms with Crippen molar-refractivity contribution in [3.8, 4) is 0 Å². The van der Waals surface area contributed by atoms with Crippen LogP contribution < -0.4 is 4.73 Å². The number of nitrogens with zero attached hydrogens (tertiary/aromatic N) is 1. The van der Waals surface area contributed by atoms with Gasteiger partial charge in [-0.2, -0.15) is 4.73 Å². The Balaban J connectivity index is 2.91. The largest absolute Gasteiger partial charge is 0.619 e. The molecule has 0 atom stereocenters. The molecular weight excluding hydrogens is 178 g/mol. The van der Waals surface area contributed by atoms with Gasteiger partial charge in [-0.05, 0) is 6.07 Å². The van der Waals surface area contributed by atoms with Crippen LogP contribution in [0.25, 0.3) is 0 Å². The average Bonchev–Trinajstić information content (AvgIpc) is 1.82. The Labute approximate surface area is 71.0 Å². The van der Waals surface area contributed by atoms with Gasteiger partial charge in [0.1, 0.15) is 0 Å². The molecule has 0 amide bonds. The summed E-state index contributed by atoms with van der Waals surface area (Å²) in [6.07, 6.45) is 5.46. The van der Waals surface area contributed by atoms with E-state index in [1.165, 1.54) is 18.5 Å². The lowest BCUT2D eigenvalue weighted by Gasteiger charge is -1.98. The molecule has 1 aromatic heterocycles. The minimum atomic E-state index is -3.30. The Kier molecular flexibility index (Phi) is 2.32. The van der Waals surface area contributed by atoms with Crippen molar-refractivity contribution in [2.75, 3.05) is 0 Å². The summed E-state index contributed by atoms with van der Waals surface area (Å²) in [6.45, 7) is 0. The molecule has 0 aliphatic heterocycles. The van der Waals surface area contributed by atoms with E-state index in [0.717, 1.165) is 0 Å². The van der Waals surface area contributed by atoms with Crippen LogP contribution in [0.1, 0.15) is 5.56 Å². The zero-order chi connectivity index (χ0) is 9.19. The van der Waals surface area contributed by atoms with Crippen LogP contribution in [-0.2, 0) is 15.6 Å². The maximum atomic E-state index is 10.7. The van der Waals surface area contributed by atoms with Crippen molar-refractivity contribution in [1.29, 1.82) is 0 Å². The van der Waals surface area contributed by atoms with Gasteiger partial charge in [-0.3, -0.25) is 0 Å². The standard InChI is InChI=1S/C7H8NO3S/c1-12(10,11)6-7-3-2-4-8(9)5-7/h2-5H,1,6H2. The van der Waals surface area contributed by atoms with Gasteiger partial charge < -0.3 is 5.21 Å². The first-order chi connectivity index (χ1) is 5.47. The van der Waals surface area contributed by atoms with Gasteiger partial charge in [0.05, 0.1) is 12.0 Å². The van der Waals surface area contributed by atoms with Gasteiger partial charge in [0.2, 0.25) is 0 Å². The fourth-order valence-corrected chi connectivity index (χ4v) is 1.52. The lowest BCUT2D eigenvalue weighted by Crippen LogP contribution is -2.25. The van der Waals surface area contributed by atoms with E-state index in [4.69, 9.17) is 0 Å². The minimum Gasteiger partial charge on any atom is -0.619 e. The summed E-state index contributed by atoms with van der Waals surface area (Å²) in [5.74, 6) is -0.198. The lowest BCUT2D eigenvalue weighted by molar-refractivity contribution is -0.605. The topological polar surface area (TPSA) is 61.1 Å². The summed E-state index contributed by atoms with van der Waals surface area (Å²) < 4.78 is 21.9. The molecule has 12 heavy (non-hydrogen) atoms. The number of hydrogen-bond donors (Lipinski definition) is 0. The van der Waals surface area contributed by atoms with E-state index >= 15 is 0 Å². The molecule has 5 heteroatoms. The van der Waals surface area contributed by atoms with Crippen LogP contribution in [0.2, 0.25) is 0 Å². The van der Waals surface area contributed by atoms with Crippen LogP contribution in [0.15, 0.2) is 24.5 Å². The van der Waals surface area contributed by atoms with Crippen LogP contribution in [0.5, 0.6) is 0 Å². The van der Waals surface area contributed by atoms with Crippen LogP contribution in [-0.4, -0.2) is 8.42 Å². The van der Waals surface area contributed by atoms with Crippen molar-refractivity contribution in [2.45, 2.75) is 5.75 Å². The number of rotatable bonds is 2. The molecule has 0 N–H and O–H groups in total. The zero-order valence-electron chi connectivity index (χ0n) is 6.30. The van der Waals surface area contributed by atoms with Crippen molar-refractivity contribution in [3.05, 3.63) is 41.6 Å². The SMILES string of the molecule is [CH2]S(=O)(=O)Cc1ccc[n+]([O-])c1. The maximum absolute atomic E-state index is 10.7. The molecule has 0 saturated carbocycles. The first-order valence-electron chi connectivity index (χ1n) is 3.21. The molecule has 0 unspecified atom stereocenters. The highest BCUT2D eigenvalue weighted by atomic mass is 32.2. The highest BCUT2D eigenvalue weighted by molar-refractivity contribution is 7.91. The average molecular weight is 186 g/mol. The molecule has 0 bridgehead atoms. The van der Waals surface area contributed by atoms with Gasteiger partial charge in [0.15, 0.2) is 22.2 Å². The van der Waals surface area contributed by atoms with Gasteiger partial charge in [-0.25, -0.2) is 8.42 Å². The van der Waals surface area contributed by atoms with Crippen molar-refractivity contribution in [3.63, 3.8) is 0 Å². The third kappa shape index (κ3) is 2.87. The van der Waals surface area contributed by atoms with E-state index < -0.39 is 9.84 Å². The maximum Gasteiger partial charge on any atom is 0.184 e. The number of aromatic nitrogens is 1. The van der Waals surface area contributed by atoms with Crippen LogP contribution in [0.4, 0.5) is 0 Å². The summed E-state index contributed by atoms with van der Waals surface area (Å²) >= 11 is 0. The Bertz CT molecular complexity index is 372. The second-order valence-electron chi connectivity index (χ2n) is 2.46. The van der Waals surface area contributed by atoms with Gasteiger partial charge in [0.25, 0.3) is 0 Å². The third-order valence-corrected chi connectivity index (χ3v) is 2.00. The summed E-state index contributed by atoms with van der Waals surface area (Å²) in [4.78, 5) is 0. The summed E-state index contributed by atoms with van der Waals surface area (Å²) in [5.41, 5.74) is 0.447. The second kappa shape index (κ2) is 3.10. The van der Waals surface area contributed by atoms with E-state index in [0.29, 0.717) is 10.3 Å². The van der Waals surface area contributed by atoms with Crippen LogP contribution in [0, 0.1) is 11.5 Å². The molecule has 0 saturated heterocycles. The molecule has 0 spiro atoms. The van der Waals surface area contributed by atoms with Crippen LogP contribution in [0.3, 0.4) is 0 Å². The molecule has 1 radical (unpaired) electrons. The van der Waals surface area contributed by atoms with Gasteiger partial charge >= 0.3 is 0 Å². The van der Waals surface area contributed by atoms with Crippen molar-refractivity contribution in [1.82, 2.24) is 0 Å². The van der Waals surface area contributed by atoms with E-state index in [1.807, 2.05) is 0 Å². The molecule has 4 nitrogen and oxygen atoms in total. The normalized spacial score (nSPS) is 11.4. The fourth-order valence-electron chi connectivity index (χ4n) is 0.840. The zero-order valence-corrected chi connectivity index (χ0v) is 7.12. The van der Waals surface area contributed by atoms with E-state index in [1.54, 1.807) is 6.07 Å². The summed E-state index contributed by atoms with van der Waals surface area (Å²) in [6, 6.07) is 3.06. The first-order valence-corrected chi connectivity index (χ1v) is 5.03. The summed E-state index contributed by atoms with van der Waals surface area (Å²) in [7, 11) is -3.30. The highest BCUT2D eigenvalue weighted by Crippen LogP contribution is 2.01. The molecule has 0 aliphatic carbocycles.